The van der Waals surface area contributed by atoms with Gasteiger partial charge in [0.15, 0.2) is 5.69 Å². The first-order chi connectivity index (χ1) is 14.4. The number of carbonyl (C=O) groups excluding carboxylic acids is 2. The maximum atomic E-state index is 13.1. The van der Waals surface area contributed by atoms with Crippen LogP contribution in [0.1, 0.15) is 38.5 Å². The molecule has 30 heavy (non-hydrogen) atoms. The average molecular weight is 427 g/mol. The highest BCUT2D eigenvalue weighted by Crippen LogP contribution is 2.24. The Kier molecular flexibility index (Phi) is 5.55. The number of hydrogen-bond donors (Lipinski definition) is 1. The number of anilines is 1. The highest BCUT2D eigenvalue weighted by Gasteiger charge is 2.26. The first-order valence-corrected chi connectivity index (χ1v) is 9.98. The summed E-state index contributed by atoms with van der Waals surface area (Å²) in [4.78, 5) is 27.4. The Morgan fingerprint density at radius 1 is 1.20 bits per heavy atom. The largest absolute Gasteiger partial charge is 0.333 e. The molecule has 3 aromatic rings. The van der Waals surface area contributed by atoms with E-state index in [1.165, 1.54) is 18.2 Å². The highest BCUT2D eigenvalue weighted by molar-refractivity contribution is 6.31. The Morgan fingerprint density at radius 3 is 2.73 bits per heavy atom. The lowest BCUT2D eigenvalue weighted by atomic mass is 10.2. The third kappa shape index (κ3) is 4.07. The van der Waals surface area contributed by atoms with Gasteiger partial charge in [-0.25, -0.2) is 4.39 Å². The molecule has 0 spiro atoms. The van der Waals surface area contributed by atoms with Crippen LogP contribution in [0.4, 0.5) is 10.1 Å². The third-order valence-electron chi connectivity index (χ3n) is 5.12. The second kappa shape index (κ2) is 8.28. The molecule has 1 aliphatic rings. The van der Waals surface area contributed by atoms with Crippen LogP contribution in [0.2, 0.25) is 5.02 Å². The molecule has 6 nitrogen and oxygen atoms in total. The van der Waals surface area contributed by atoms with Crippen molar-refractivity contribution in [3.63, 3.8) is 0 Å². The molecule has 1 N–H and O–H groups in total. The Bertz CT molecular complexity index is 1110. The Morgan fingerprint density at radius 2 is 1.97 bits per heavy atom. The predicted octanol–water partition coefficient (Wildman–Crippen LogP) is 4.28. The fourth-order valence-corrected chi connectivity index (χ4v) is 3.61. The minimum atomic E-state index is -0.404. The van der Waals surface area contributed by atoms with Gasteiger partial charge in [-0.15, -0.1) is 0 Å². The summed E-state index contributed by atoms with van der Waals surface area (Å²) >= 11 is 6.11. The van der Waals surface area contributed by atoms with E-state index in [0.29, 0.717) is 42.5 Å². The normalized spacial score (nSPS) is 13.7. The van der Waals surface area contributed by atoms with Crippen LogP contribution >= 0.6 is 11.6 Å². The molecule has 1 aromatic heterocycles. The number of benzene rings is 2. The van der Waals surface area contributed by atoms with Crippen molar-refractivity contribution in [1.29, 1.82) is 0 Å². The van der Waals surface area contributed by atoms with Gasteiger partial charge in [-0.2, -0.15) is 5.10 Å². The molecule has 154 valence electrons. The highest BCUT2D eigenvalue weighted by atomic mass is 35.5. The standard InChI is InChI=1S/C22H20ClFN4O2/c1-14-17(23)4-2-5-18(14)25-21(29)19-12-20-22(30)27(10-3-11-28(20)26-19)13-15-6-8-16(24)9-7-15/h2,4-9,12H,3,10-11,13H2,1H3,(H,25,29). The van der Waals surface area contributed by atoms with Crippen LogP contribution in [0.5, 0.6) is 0 Å². The molecule has 2 aromatic carbocycles. The van der Waals surface area contributed by atoms with Crippen LogP contribution in [0.3, 0.4) is 0 Å². The van der Waals surface area contributed by atoms with Gasteiger partial charge in [-0.05, 0) is 48.7 Å². The van der Waals surface area contributed by atoms with Gasteiger partial charge in [0.1, 0.15) is 11.5 Å². The van der Waals surface area contributed by atoms with Gasteiger partial charge < -0.3 is 10.2 Å². The zero-order chi connectivity index (χ0) is 21.3. The van der Waals surface area contributed by atoms with E-state index in [1.807, 2.05) is 6.92 Å². The molecule has 2 heterocycles. The number of rotatable bonds is 4. The van der Waals surface area contributed by atoms with Crippen LogP contribution in [0.25, 0.3) is 0 Å². The number of fused-ring (bicyclic) bond motifs is 1. The topological polar surface area (TPSA) is 67.2 Å². The molecule has 0 atom stereocenters. The van der Waals surface area contributed by atoms with Gasteiger partial charge in [-0.3, -0.25) is 14.3 Å². The quantitative estimate of drug-likeness (QED) is 0.677. The summed E-state index contributed by atoms with van der Waals surface area (Å²) in [6.07, 6.45) is 0.704. The minimum absolute atomic E-state index is 0.168. The van der Waals surface area contributed by atoms with Gasteiger partial charge in [0.2, 0.25) is 0 Å². The fraction of sp³-hybridized carbons (Fsp3) is 0.227. The van der Waals surface area contributed by atoms with Crippen LogP contribution in [-0.4, -0.2) is 33.0 Å². The van der Waals surface area contributed by atoms with E-state index in [2.05, 4.69) is 10.4 Å². The summed E-state index contributed by atoms with van der Waals surface area (Å²) < 4.78 is 14.7. The molecule has 0 saturated heterocycles. The van der Waals surface area contributed by atoms with Gasteiger partial charge in [0.05, 0.1) is 0 Å². The van der Waals surface area contributed by atoms with Gasteiger partial charge in [-0.1, -0.05) is 29.8 Å². The molecule has 0 saturated carbocycles. The molecule has 4 rings (SSSR count). The zero-order valence-corrected chi connectivity index (χ0v) is 17.1. The molecular formula is C22H20ClFN4O2. The summed E-state index contributed by atoms with van der Waals surface area (Å²) in [7, 11) is 0. The summed E-state index contributed by atoms with van der Waals surface area (Å²) in [5.41, 5.74) is 2.73. The lowest BCUT2D eigenvalue weighted by molar-refractivity contribution is 0.0745. The molecule has 0 radical (unpaired) electrons. The van der Waals surface area contributed by atoms with E-state index in [0.717, 1.165) is 11.1 Å². The molecule has 0 fully saturated rings. The summed E-state index contributed by atoms with van der Waals surface area (Å²) in [6, 6.07) is 12.9. The lowest BCUT2D eigenvalue weighted by Crippen LogP contribution is -2.30. The first-order valence-electron chi connectivity index (χ1n) is 9.60. The van der Waals surface area contributed by atoms with E-state index < -0.39 is 5.91 Å². The van der Waals surface area contributed by atoms with Crippen LogP contribution < -0.4 is 5.32 Å². The number of halogens is 2. The maximum Gasteiger partial charge on any atom is 0.276 e. The van der Waals surface area contributed by atoms with Crippen LogP contribution in [0, 0.1) is 12.7 Å². The Labute approximate surface area is 178 Å². The molecule has 8 heteroatoms. The van der Waals surface area contributed by atoms with Gasteiger partial charge in [0.25, 0.3) is 11.8 Å². The van der Waals surface area contributed by atoms with Crippen molar-refractivity contribution in [3.05, 3.63) is 81.9 Å². The van der Waals surface area contributed by atoms with E-state index in [-0.39, 0.29) is 17.4 Å². The molecular weight excluding hydrogens is 407 g/mol. The zero-order valence-electron chi connectivity index (χ0n) is 16.4. The van der Waals surface area contributed by atoms with E-state index in [4.69, 9.17) is 11.6 Å². The van der Waals surface area contributed by atoms with Crippen LogP contribution in [-0.2, 0) is 13.1 Å². The molecule has 0 unspecified atom stereocenters. The molecule has 0 bridgehead atoms. The number of carbonyl (C=O) groups is 2. The lowest BCUT2D eigenvalue weighted by Gasteiger charge is -2.20. The third-order valence-corrected chi connectivity index (χ3v) is 5.53. The van der Waals surface area contributed by atoms with Crippen molar-refractivity contribution in [2.75, 3.05) is 11.9 Å². The van der Waals surface area contributed by atoms with Crippen LogP contribution in [0.15, 0.2) is 48.5 Å². The number of nitrogens with one attached hydrogen (secondary N) is 1. The fourth-order valence-electron chi connectivity index (χ4n) is 3.44. The van der Waals surface area contributed by atoms with Gasteiger partial charge in [0, 0.05) is 36.4 Å². The van der Waals surface area contributed by atoms with E-state index in [1.54, 1.807) is 39.9 Å². The molecule has 2 amide bonds. The minimum Gasteiger partial charge on any atom is -0.333 e. The van der Waals surface area contributed by atoms with Crippen molar-refractivity contribution in [1.82, 2.24) is 14.7 Å². The smallest absolute Gasteiger partial charge is 0.276 e. The predicted molar refractivity (Wildman–Crippen MR) is 112 cm³/mol. The molecule has 0 aliphatic carbocycles. The second-order valence-electron chi connectivity index (χ2n) is 7.21. The SMILES string of the molecule is Cc1c(Cl)cccc1NC(=O)c1cc2n(n1)CCCN(Cc1ccc(F)cc1)C2=O. The monoisotopic (exact) mass is 426 g/mol. The van der Waals surface area contributed by atoms with E-state index in [9.17, 15) is 14.0 Å². The van der Waals surface area contributed by atoms with E-state index >= 15 is 0 Å². The molecule has 1 aliphatic heterocycles. The summed E-state index contributed by atoms with van der Waals surface area (Å²) in [5.74, 6) is -0.925. The van der Waals surface area contributed by atoms with Crippen molar-refractivity contribution in [2.24, 2.45) is 0 Å². The number of aromatic nitrogens is 2. The number of aryl methyl sites for hydroxylation is 1. The number of nitrogens with zero attached hydrogens (tertiary/aromatic N) is 3. The summed E-state index contributed by atoms with van der Waals surface area (Å²) in [5, 5.41) is 7.70. The maximum absolute atomic E-state index is 13.1. The average Bonchev–Trinajstić information content (AvgIpc) is 3.10. The Balaban J connectivity index is 1.54. The second-order valence-corrected chi connectivity index (χ2v) is 7.62. The van der Waals surface area contributed by atoms with Crippen molar-refractivity contribution in [3.8, 4) is 0 Å². The van der Waals surface area contributed by atoms with Crippen molar-refractivity contribution >= 4 is 29.1 Å². The van der Waals surface area contributed by atoms with Crippen molar-refractivity contribution in [2.45, 2.75) is 26.4 Å². The summed E-state index contributed by atoms with van der Waals surface area (Å²) in [6.45, 7) is 3.28. The van der Waals surface area contributed by atoms with Gasteiger partial charge >= 0.3 is 0 Å². The number of hydrogen-bond acceptors (Lipinski definition) is 3. The van der Waals surface area contributed by atoms with Crippen molar-refractivity contribution < 1.29 is 14.0 Å². The Hall–Kier alpha value is -3.19. The number of amides is 2. The first kappa shape index (κ1) is 20.1.